The average Bonchev–Trinajstić information content (AvgIpc) is 3.36. The summed E-state index contributed by atoms with van der Waals surface area (Å²) in [6, 6.07) is 12.1. The van der Waals surface area contributed by atoms with Crippen LogP contribution in [0.1, 0.15) is 23.3 Å². The van der Waals surface area contributed by atoms with Gasteiger partial charge >= 0.3 is 0 Å². The molecule has 3 aromatic rings. The molecule has 0 spiro atoms. The maximum atomic E-state index is 12.3. The summed E-state index contributed by atoms with van der Waals surface area (Å²) >= 11 is 0. The van der Waals surface area contributed by atoms with Crippen LogP contribution in [0.3, 0.4) is 0 Å². The summed E-state index contributed by atoms with van der Waals surface area (Å²) in [5.41, 5.74) is 1.61. The van der Waals surface area contributed by atoms with E-state index < -0.39 is 0 Å². The van der Waals surface area contributed by atoms with Crippen LogP contribution in [0.2, 0.25) is 0 Å². The number of nitrogens with zero attached hydrogens (tertiary/aromatic N) is 2. The fourth-order valence-corrected chi connectivity index (χ4v) is 2.76. The third-order valence-electron chi connectivity index (χ3n) is 4.02. The van der Waals surface area contributed by atoms with Gasteiger partial charge in [-0.2, -0.15) is 0 Å². The average molecular weight is 337 g/mol. The molecule has 0 atom stereocenters. The molecule has 2 amide bonds. The Kier molecular flexibility index (Phi) is 3.81. The van der Waals surface area contributed by atoms with Gasteiger partial charge in [0.25, 0.3) is 5.91 Å². The standard InChI is InChI=1S/C18H15N3O4/c22-17-4-1-9-21(17)13-7-5-12(6-8-13)19-18(23)14-11-16(25-20-14)15-3-2-10-24-15/h2-3,5-8,10-11H,1,4,9H2,(H,19,23). The highest BCUT2D eigenvalue weighted by molar-refractivity contribution is 6.03. The zero-order chi connectivity index (χ0) is 17.2. The summed E-state index contributed by atoms with van der Waals surface area (Å²) in [5.74, 6) is 0.639. The van der Waals surface area contributed by atoms with E-state index in [1.54, 1.807) is 29.2 Å². The quantitative estimate of drug-likeness (QED) is 0.789. The summed E-state index contributed by atoms with van der Waals surface area (Å²) < 4.78 is 10.3. The van der Waals surface area contributed by atoms with Crippen LogP contribution in [0.4, 0.5) is 11.4 Å². The Bertz CT molecular complexity index is 897. The van der Waals surface area contributed by atoms with Gasteiger partial charge in [0.2, 0.25) is 11.7 Å². The zero-order valence-electron chi connectivity index (χ0n) is 13.3. The number of nitrogens with one attached hydrogen (secondary N) is 1. The monoisotopic (exact) mass is 337 g/mol. The molecule has 7 heteroatoms. The number of aromatic nitrogens is 1. The van der Waals surface area contributed by atoms with E-state index >= 15 is 0 Å². The molecule has 1 N–H and O–H groups in total. The number of hydrogen-bond donors (Lipinski definition) is 1. The summed E-state index contributed by atoms with van der Waals surface area (Å²) in [4.78, 5) is 25.8. The Balaban J connectivity index is 1.45. The Morgan fingerprint density at radius 1 is 1.16 bits per heavy atom. The van der Waals surface area contributed by atoms with Gasteiger partial charge in [-0.3, -0.25) is 9.59 Å². The first-order chi connectivity index (χ1) is 12.2. The Hall–Kier alpha value is -3.35. The molecule has 2 aromatic heterocycles. The van der Waals surface area contributed by atoms with Crippen LogP contribution in [-0.4, -0.2) is 23.5 Å². The van der Waals surface area contributed by atoms with E-state index in [4.69, 9.17) is 8.94 Å². The largest absolute Gasteiger partial charge is 0.461 e. The SMILES string of the molecule is O=C(Nc1ccc(N2CCCC2=O)cc1)c1cc(-c2ccco2)on1. The van der Waals surface area contributed by atoms with E-state index in [-0.39, 0.29) is 17.5 Å². The smallest absolute Gasteiger partial charge is 0.277 e. The van der Waals surface area contributed by atoms with Gasteiger partial charge in [-0.25, -0.2) is 0 Å². The van der Waals surface area contributed by atoms with E-state index in [0.717, 1.165) is 18.7 Å². The molecule has 0 bridgehead atoms. The molecule has 1 aliphatic heterocycles. The summed E-state index contributed by atoms with van der Waals surface area (Å²) in [7, 11) is 0. The van der Waals surface area contributed by atoms with E-state index in [1.807, 2.05) is 12.1 Å². The molecule has 1 fully saturated rings. The number of amides is 2. The highest BCUT2D eigenvalue weighted by Crippen LogP contribution is 2.24. The van der Waals surface area contributed by atoms with Crippen LogP contribution < -0.4 is 10.2 Å². The first-order valence-corrected chi connectivity index (χ1v) is 7.93. The topological polar surface area (TPSA) is 88.6 Å². The highest BCUT2D eigenvalue weighted by atomic mass is 16.5. The number of carbonyl (C=O) groups is 2. The normalized spacial score (nSPS) is 14.1. The van der Waals surface area contributed by atoms with Crippen LogP contribution in [0.5, 0.6) is 0 Å². The van der Waals surface area contributed by atoms with Crippen LogP contribution in [0.25, 0.3) is 11.5 Å². The van der Waals surface area contributed by atoms with Crippen LogP contribution >= 0.6 is 0 Å². The summed E-state index contributed by atoms with van der Waals surface area (Å²) in [5, 5.41) is 6.51. The van der Waals surface area contributed by atoms with Crippen molar-refractivity contribution >= 4 is 23.2 Å². The number of hydrogen-bond acceptors (Lipinski definition) is 5. The van der Waals surface area contributed by atoms with Crippen molar-refractivity contribution in [3.8, 4) is 11.5 Å². The van der Waals surface area contributed by atoms with Gasteiger partial charge in [0.15, 0.2) is 11.5 Å². The van der Waals surface area contributed by atoms with Crippen molar-refractivity contribution in [1.82, 2.24) is 5.16 Å². The van der Waals surface area contributed by atoms with Crippen molar-refractivity contribution in [1.29, 1.82) is 0 Å². The predicted octanol–water partition coefficient (Wildman–Crippen LogP) is 3.31. The van der Waals surface area contributed by atoms with Crippen LogP contribution in [0, 0.1) is 0 Å². The van der Waals surface area contributed by atoms with Gasteiger partial charge in [-0.05, 0) is 42.8 Å². The lowest BCUT2D eigenvalue weighted by Crippen LogP contribution is -2.23. The van der Waals surface area contributed by atoms with Crippen LogP contribution in [0.15, 0.2) is 57.7 Å². The Labute approximate surface area is 143 Å². The minimum Gasteiger partial charge on any atom is -0.461 e. The van der Waals surface area contributed by atoms with E-state index in [1.165, 1.54) is 12.3 Å². The number of carbonyl (C=O) groups excluding carboxylic acids is 2. The molecule has 0 aliphatic carbocycles. The van der Waals surface area contributed by atoms with Gasteiger partial charge in [-0.1, -0.05) is 5.16 Å². The fraction of sp³-hybridized carbons (Fsp3) is 0.167. The van der Waals surface area contributed by atoms with E-state index in [0.29, 0.717) is 23.6 Å². The molecule has 126 valence electrons. The van der Waals surface area contributed by atoms with Crippen molar-refractivity contribution < 1.29 is 18.5 Å². The number of furan rings is 1. The van der Waals surface area contributed by atoms with Crippen molar-refractivity contribution in [3.05, 3.63) is 54.4 Å². The second-order valence-electron chi connectivity index (χ2n) is 5.70. The van der Waals surface area contributed by atoms with E-state index in [9.17, 15) is 9.59 Å². The molecule has 0 unspecified atom stereocenters. The third-order valence-corrected chi connectivity index (χ3v) is 4.02. The molecular formula is C18H15N3O4. The maximum Gasteiger partial charge on any atom is 0.277 e. The first-order valence-electron chi connectivity index (χ1n) is 7.93. The second kappa shape index (κ2) is 6.27. The first kappa shape index (κ1) is 15.2. The maximum absolute atomic E-state index is 12.3. The van der Waals surface area contributed by atoms with E-state index in [2.05, 4.69) is 10.5 Å². The fourth-order valence-electron chi connectivity index (χ4n) is 2.76. The van der Waals surface area contributed by atoms with Gasteiger partial charge in [0, 0.05) is 30.4 Å². The summed E-state index contributed by atoms with van der Waals surface area (Å²) in [6.45, 7) is 0.735. The molecular weight excluding hydrogens is 322 g/mol. The molecule has 1 aromatic carbocycles. The van der Waals surface area contributed by atoms with Gasteiger partial charge in [-0.15, -0.1) is 0 Å². The Morgan fingerprint density at radius 3 is 2.68 bits per heavy atom. The third kappa shape index (κ3) is 3.03. The molecule has 0 radical (unpaired) electrons. The minimum absolute atomic E-state index is 0.129. The molecule has 4 rings (SSSR count). The predicted molar refractivity (Wildman–Crippen MR) is 90.2 cm³/mol. The van der Waals surface area contributed by atoms with Gasteiger partial charge in [0.05, 0.1) is 6.26 Å². The second-order valence-corrected chi connectivity index (χ2v) is 5.70. The molecule has 3 heterocycles. The van der Waals surface area contributed by atoms with Gasteiger partial charge < -0.3 is 19.2 Å². The molecule has 7 nitrogen and oxygen atoms in total. The number of rotatable bonds is 4. The lowest BCUT2D eigenvalue weighted by molar-refractivity contribution is -0.117. The van der Waals surface area contributed by atoms with Crippen LogP contribution in [-0.2, 0) is 4.79 Å². The number of benzene rings is 1. The lowest BCUT2D eigenvalue weighted by Gasteiger charge is -2.15. The lowest BCUT2D eigenvalue weighted by atomic mass is 10.2. The molecule has 0 saturated carbocycles. The minimum atomic E-state index is -0.383. The van der Waals surface area contributed by atoms with Gasteiger partial charge in [0.1, 0.15) is 0 Å². The van der Waals surface area contributed by atoms with Crippen molar-refractivity contribution in [2.24, 2.45) is 0 Å². The zero-order valence-corrected chi connectivity index (χ0v) is 13.3. The molecule has 1 aliphatic rings. The van der Waals surface area contributed by atoms with Crippen molar-refractivity contribution in [2.75, 3.05) is 16.8 Å². The summed E-state index contributed by atoms with van der Waals surface area (Å²) in [6.07, 6.45) is 2.98. The Morgan fingerprint density at radius 2 is 2.00 bits per heavy atom. The highest BCUT2D eigenvalue weighted by Gasteiger charge is 2.21. The number of anilines is 2. The molecule has 1 saturated heterocycles. The molecule has 25 heavy (non-hydrogen) atoms. The van der Waals surface area contributed by atoms with Crippen molar-refractivity contribution in [3.63, 3.8) is 0 Å². The van der Waals surface area contributed by atoms with Crippen molar-refractivity contribution in [2.45, 2.75) is 12.8 Å².